The molecule has 2 atom stereocenters. The van der Waals surface area contributed by atoms with Gasteiger partial charge in [0.15, 0.2) is 6.04 Å². The van der Waals surface area contributed by atoms with Crippen LogP contribution in [0, 0.1) is 0 Å². The molecule has 0 fully saturated rings. The molecule has 1 rings (SSSR count). The lowest BCUT2D eigenvalue weighted by molar-refractivity contribution is -0.908. The molecule has 0 bridgehead atoms. The monoisotopic (exact) mass is 270 g/mol. The summed E-state index contributed by atoms with van der Waals surface area (Å²) in [6, 6.07) is 6.23. The van der Waals surface area contributed by atoms with Crippen LogP contribution in [-0.2, 0) is 11.3 Å². The second kappa shape index (κ2) is 6.37. The number of nitrogens with one attached hydrogen (secondary N) is 2. The number of hydrogen-bond donors (Lipinski definition) is 3. The topological polar surface area (TPSA) is 76.6 Å². The van der Waals surface area contributed by atoms with Crippen molar-refractivity contribution in [2.24, 2.45) is 5.73 Å². The average molecular weight is 271 g/mol. The zero-order chi connectivity index (χ0) is 13.7. The molecular formula is C12H17ClN3O2+. The Hall–Kier alpha value is -1.59. The summed E-state index contributed by atoms with van der Waals surface area (Å²) in [5, 5.41) is 2.75. The van der Waals surface area contributed by atoms with Crippen LogP contribution in [0.15, 0.2) is 24.3 Å². The summed E-state index contributed by atoms with van der Waals surface area (Å²) in [6.45, 7) is 2.40. The summed E-state index contributed by atoms with van der Waals surface area (Å²) < 4.78 is 0. The molecule has 0 aliphatic rings. The molecule has 0 aliphatic heterocycles. The predicted molar refractivity (Wildman–Crippen MR) is 69.2 cm³/mol. The third-order valence-corrected chi connectivity index (χ3v) is 3.03. The fraction of sp³-hybridized carbons (Fsp3) is 0.333. The van der Waals surface area contributed by atoms with Crippen LogP contribution >= 0.6 is 11.6 Å². The van der Waals surface area contributed by atoms with Crippen molar-refractivity contribution in [1.82, 2.24) is 5.32 Å². The summed E-state index contributed by atoms with van der Waals surface area (Å²) >= 11 is 5.80. The van der Waals surface area contributed by atoms with Crippen molar-refractivity contribution in [2.45, 2.75) is 19.5 Å². The molecular weight excluding hydrogens is 254 g/mol. The Balaban J connectivity index is 2.59. The van der Waals surface area contributed by atoms with Crippen LogP contribution in [0.4, 0.5) is 4.79 Å². The molecule has 1 aromatic carbocycles. The number of primary amides is 1. The molecule has 1 unspecified atom stereocenters. The maximum absolute atomic E-state index is 11.6. The van der Waals surface area contributed by atoms with Crippen molar-refractivity contribution >= 4 is 23.5 Å². The first kappa shape index (κ1) is 14.5. The lowest BCUT2D eigenvalue weighted by Gasteiger charge is -2.20. The first-order valence-corrected chi connectivity index (χ1v) is 5.95. The minimum absolute atomic E-state index is 0.367. The fourth-order valence-corrected chi connectivity index (χ4v) is 1.66. The van der Waals surface area contributed by atoms with E-state index in [-0.39, 0.29) is 11.9 Å². The second-order valence-corrected chi connectivity index (χ2v) is 4.66. The Labute approximate surface area is 111 Å². The molecule has 0 heterocycles. The largest absolute Gasteiger partial charge is 0.351 e. The number of halogens is 1. The van der Waals surface area contributed by atoms with Gasteiger partial charge in [-0.2, -0.15) is 0 Å². The first-order valence-electron chi connectivity index (χ1n) is 5.57. The lowest BCUT2D eigenvalue weighted by atomic mass is 10.2. The lowest BCUT2D eigenvalue weighted by Crippen LogP contribution is -3.12. The molecule has 0 spiro atoms. The van der Waals surface area contributed by atoms with Gasteiger partial charge in [-0.05, 0) is 19.1 Å². The summed E-state index contributed by atoms with van der Waals surface area (Å²) in [6.07, 6.45) is 0. The van der Waals surface area contributed by atoms with Crippen LogP contribution < -0.4 is 16.0 Å². The van der Waals surface area contributed by atoms with Gasteiger partial charge in [0.2, 0.25) is 0 Å². The summed E-state index contributed by atoms with van der Waals surface area (Å²) in [4.78, 5) is 23.1. The van der Waals surface area contributed by atoms with E-state index in [0.717, 1.165) is 10.5 Å². The van der Waals surface area contributed by atoms with Gasteiger partial charge in [0.1, 0.15) is 6.54 Å². The Morgan fingerprint density at radius 2 is 1.94 bits per heavy atom. The summed E-state index contributed by atoms with van der Waals surface area (Å²) in [7, 11) is 1.87. The van der Waals surface area contributed by atoms with Crippen molar-refractivity contribution in [1.29, 1.82) is 0 Å². The number of quaternary nitrogens is 1. The van der Waals surface area contributed by atoms with Crippen LogP contribution in [0.3, 0.4) is 0 Å². The fourth-order valence-electron chi connectivity index (χ4n) is 1.53. The number of likely N-dealkylation sites (N-methyl/N-ethyl adjacent to an activating group) is 1. The standard InChI is InChI=1S/C12H16ClN3O2/c1-8(11(17)15-12(14)18)16(2)7-9-3-5-10(13)6-4-9/h3-6,8H,7H2,1-2H3,(H3,14,15,17,18)/p+1/t8-/m1/s1. The van der Waals surface area contributed by atoms with Gasteiger partial charge in [-0.1, -0.05) is 23.7 Å². The normalized spacial score (nSPS) is 13.7. The third kappa shape index (κ3) is 4.35. The van der Waals surface area contributed by atoms with E-state index in [0.29, 0.717) is 11.6 Å². The Morgan fingerprint density at radius 1 is 1.39 bits per heavy atom. The smallest absolute Gasteiger partial charge is 0.319 e. The number of rotatable bonds is 4. The zero-order valence-electron chi connectivity index (χ0n) is 10.4. The minimum Gasteiger partial charge on any atom is -0.351 e. The highest BCUT2D eigenvalue weighted by Crippen LogP contribution is 2.08. The molecule has 5 nitrogen and oxygen atoms in total. The van der Waals surface area contributed by atoms with Crippen LogP contribution in [0.1, 0.15) is 12.5 Å². The molecule has 18 heavy (non-hydrogen) atoms. The maximum Gasteiger partial charge on any atom is 0.319 e. The third-order valence-electron chi connectivity index (χ3n) is 2.78. The average Bonchev–Trinajstić information content (AvgIpc) is 2.30. The van der Waals surface area contributed by atoms with E-state index in [2.05, 4.69) is 5.32 Å². The van der Waals surface area contributed by atoms with Crippen molar-refractivity contribution in [3.63, 3.8) is 0 Å². The van der Waals surface area contributed by atoms with Gasteiger partial charge >= 0.3 is 6.03 Å². The highest BCUT2D eigenvalue weighted by atomic mass is 35.5. The van der Waals surface area contributed by atoms with Crippen LogP contribution in [0.2, 0.25) is 5.02 Å². The van der Waals surface area contributed by atoms with E-state index in [1.54, 1.807) is 19.1 Å². The summed E-state index contributed by atoms with van der Waals surface area (Å²) in [5.74, 6) is -0.381. The number of nitrogens with two attached hydrogens (primary N) is 1. The number of imide groups is 1. The Kier molecular flexibility index (Phi) is 5.12. The molecule has 0 aliphatic carbocycles. The van der Waals surface area contributed by atoms with Gasteiger partial charge in [0, 0.05) is 10.6 Å². The Bertz CT molecular complexity index is 433. The zero-order valence-corrected chi connectivity index (χ0v) is 11.1. The van der Waals surface area contributed by atoms with Crippen LogP contribution in [0.25, 0.3) is 0 Å². The highest BCUT2D eigenvalue weighted by Gasteiger charge is 2.22. The van der Waals surface area contributed by atoms with Gasteiger partial charge in [-0.3, -0.25) is 10.1 Å². The molecule has 98 valence electrons. The highest BCUT2D eigenvalue weighted by molar-refractivity contribution is 6.30. The van der Waals surface area contributed by atoms with E-state index in [1.165, 1.54) is 0 Å². The Morgan fingerprint density at radius 3 is 2.44 bits per heavy atom. The SMILES string of the molecule is C[C@H](C(=O)NC(N)=O)[NH+](C)Cc1ccc(Cl)cc1. The molecule has 0 saturated heterocycles. The van der Waals surface area contributed by atoms with Crippen molar-refractivity contribution in [3.8, 4) is 0 Å². The maximum atomic E-state index is 11.6. The van der Waals surface area contributed by atoms with Crippen molar-refractivity contribution in [2.75, 3.05) is 7.05 Å². The predicted octanol–water partition coefficient (Wildman–Crippen LogP) is -0.0619. The van der Waals surface area contributed by atoms with Gasteiger partial charge in [0.25, 0.3) is 5.91 Å². The number of carbonyl (C=O) groups is 2. The van der Waals surface area contributed by atoms with E-state index < -0.39 is 6.03 Å². The first-order chi connectivity index (χ1) is 8.40. The van der Waals surface area contributed by atoms with Crippen LogP contribution in [0.5, 0.6) is 0 Å². The molecule has 0 saturated carbocycles. The van der Waals surface area contributed by atoms with Gasteiger partial charge in [-0.15, -0.1) is 0 Å². The number of hydrogen-bond acceptors (Lipinski definition) is 2. The molecule has 1 aromatic rings. The van der Waals surface area contributed by atoms with E-state index in [9.17, 15) is 9.59 Å². The molecule has 4 N–H and O–H groups in total. The number of carbonyl (C=O) groups excluding carboxylic acids is 2. The van der Waals surface area contributed by atoms with E-state index in [4.69, 9.17) is 17.3 Å². The molecule has 0 aromatic heterocycles. The number of amides is 3. The van der Waals surface area contributed by atoms with Crippen LogP contribution in [-0.4, -0.2) is 25.0 Å². The van der Waals surface area contributed by atoms with Gasteiger partial charge in [-0.25, -0.2) is 4.79 Å². The summed E-state index contributed by atoms with van der Waals surface area (Å²) in [5.41, 5.74) is 5.97. The van der Waals surface area contributed by atoms with Gasteiger partial charge < -0.3 is 10.6 Å². The van der Waals surface area contributed by atoms with E-state index in [1.807, 2.05) is 19.2 Å². The molecule has 3 amide bonds. The minimum atomic E-state index is -0.828. The second-order valence-electron chi connectivity index (χ2n) is 4.22. The van der Waals surface area contributed by atoms with Crippen molar-refractivity contribution in [3.05, 3.63) is 34.9 Å². The quantitative estimate of drug-likeness (QED) is 0.717. The van der Waals surface area contributed by atoms with Gasteiger partial charge in [0.05, 0.1) is 7.05 Å². The number of urea groups is 1. The molecule has 6 heteroatoms. The van der Waals surface area contributed by atoms with Crippen molar-refractivity contribution < 1.29 is 14.5 Å². The van der Waals surface area contributed by atoms with E-state index >= 15 is 0 Å². The molecule has 0 radical (unpaired) electrons. The number of benzene rings is 1.